The zero-order chi connectivity index (χ0) is 15.6. The lowest BCUT2D eigenvalue weighted by Crippen LogP contribution is -2.46. The fraction of sp³-hybridized carbons (Fsp3) is 0.600. The second-order valence-electron chi connectivity index (χ2n) is 5.31. The van der Waals surface area contributed by atoms with Crippen molar-refractivity contribution in [1.82, 2.24) is 9.88 Å². The summed E-state index contributed by atoms with van der Waals surface area (Å²) >= 11 is 0. The average molecular weight is 294 g/mol. The summed E-state index contributed by atoms with van der Waals surface area (Å²) in [4.78, 5) is 29.6. The summed E-state index contributed by atoms with van der Waals surface area (Å²) in [6.07, 6.45) is 0. The Morgan fingerprint density at radius 3 is 2.48 bits per heavy atom. The molecule has 6 nitrogen and oxygen atoms in total. The van der Waals surface area contributed by atoms with E-state index < -0.39 is 5.97 Å². The summed E-state index contributed by atoms with van der Waals surface area (Å²) < 4.78 is 10.1. The van der Waals surface area contributed by atoms with E-state index in [-0.39, 0.29) is 11.8 Å². The van der Waals surface area contributed by atoms with Crippen LogP contribution in [0, 0.1) is 13.8 Å². The molecule has 0 bridgehead atoms. The maximum atomic E-state index is 12.7. The summed E-state index contributed by atoms with van der Waals surface area (Å²) in [5.74, 6) is -0.424. The van der Waals surface area contributed by atoms with Crippen LogP contribution in [0.2, 0.25) is 0 Å². The van der Waals surface area contributed by atoms with E-state index in [1.165, 1.54) is 7.11 Å². The number of carbonyl (C=O) groups excluding carboxylic acids is 2. The molecular formula is C15H22N2O4. The van der Waals surface area contributed by atoms with Gasteiger partial charge in [-0.3, -0.25) is 9.69 Å². The van der Waals surface area contributed by atoms with Gasteiger partial charge in [-0.05, 0) is 26.3 Å². The van der Waals surface area contributed by atoms with Gasteiger partial charge in [0.15, 0.2) is 5.78 Å². The van der Waals surface area contributed by atoms with Crippen molar-refractivity contribution in [2.45, 2.75) is 26.8 Å². The Kier molecular flexibility index (Phi) is 4.80. The van der Waals surface area contributed by atoms with Crippen LogP contribution in [0.5, 0.6) is 0 Å². The minimum atomic E-state index is -0.417. The van der Waals surface area contributed by atoms with Crippen LogP contribution >= 0.6 is 0 Å². The molecule has 1 N–H and O–H groups in total. The second-order valence-corrected chi connectivity index (χ2v) is 5.31. The van der Waals surface area contributed by atoms with Crippen LogP contribution in [0.3, 0.4) is 0 Å². The van der Waals surface area contributed by atoms with Crippen molar-refractivity contribution in [2.24, 2.45) is 0 Å². The lowest BCUT2D eigenvalue weighted by atomic mass is 10.0. The van der Waals surface area contributed by atoms with Crippen LogP contribution in [-0.4, -0.2) is 61.1 Å². The minimum absolute atomic E-state index is 0.00680. The number of aromatic nitrogens is 1. The number of morpholine rings is 1. The summed E-state index contributed by atoms with van der Waals surface area (Å²) in [7, 11) is 1.34. The summed E-state index contributed by atoms with van der Waals surface area (Å²) in [5.41, 5.74) is 2.27. The van der Waals surface area contributed by atoms with Gasteiger partial charge in [0.05, 0.1) is 37.6 Å². The van der Waals surface area contributed by atoms with Crippen LogP contribution in [0.15, 0.2) is 0 Å². The molecule has 1 fully saturated rings. The molecule has 0 unspecified atom stereocenters. The molecule has 2 rings (SSSR count). The van der Waals surface area contributed by atoms with Crippen molar-refractivity contribution in [2.75, 3.05) is 33.4 Å². The third-order valence-corrected chi connectivity index (χ3v) is 4.05. The lowest BCUT2D eigenvalue weighted by Gasteiger charge is -2.31. The van der Waals surface area contributed by atoms with Gasteiger partial charge in [0.1, 0.15) is 0 Å². The molecule has 0 aromatic carbocycles. The number of carbonyl (C=O) groups is 2. The van der Waals surface area contributed by atoms with Crippen molar-refractivity contribution in [3.8, 4) is 0 Å². The second kappa shape index (κ2) is 6.41. The number of esters is 1. The number of nitrogens with zero attached hydrogens (tertiary/aromatic N) is 1. The predicted molar refractivity (Wildman–Crippen MR) is 77.8 cm³/mol. The SMILES string of the molecule is COC(=O)c1c(C)[nH]c(C(=O)[C@@H](C)N2CCOCC2)c1C. The Labute approximate surface area is 124 Å². The molecule has 0 spiro atoms. The Balaban J connectivity index is 2.25. The molecule has 1 aromatic heterocycles. The molecule has 0 aliphatic carbocycles. The van der Waals surface area contributed by atoms with Crippen molar-refractivity contribution in [3.63, 3.8) is 0 Å². The molecule has 116 valence electrons. The van der Waals surface area contributed by atoms with E-state index >= 15 is 0 Å². The smallest absolute Gasteiger partial charge is 0.339 e. The molecular weight excluding hydrogens is 272 g/mol. The van der Waals surface area contributed by atoms with Crippen LogP contribution in [-0.2, 0) is 9.47 Å². The van der Waals surface area contributed by atoms with Crippen LogP contribution in [0.4, 0.5) is 0 Å². The number of hydrogen-bond donors (Lipinski definition) is 1. The number of aryl methyl sites for hydroxylation is 1. The zero-order valence-corrected chi connectivity index (χ0v) is 13.0. The number of rotatable bonds is 4. The molecule has 1 aliphatic rings. The Bertz CT molecular complexity index is 544. The number of nitrogens with one attached hydrogen (secondary N) is 1. The van der Waals surface area contributed by atoms with Crippen LogP contribution in [0.25, 0.3) is 0 Å². The van der Waals surface area contributed by atoms with E-state index in [4.69, 9.17) is 9.47 Å². The van der Waals surface area contributed by atoms with Gasteiger partial charge in [-0.25, -0.2) is 4.79 Å². The molecule has 6 heteroatoms. The highest BCUT2D eigenvalue weighted by atomic mass is 16.5. The van der Waals surface area contributed by atoms with Gasteiger partial charge in [-0.2, -0.15) is 0 Å². The van der Waals surface area contributed by atoms with Gasteiger partial charge in [-0.15, -0.1) is 0 Å². The van der Waals surface area contributed by atoms with Crippen molar-refractivity contribution in [3.05, 3.63) is 22.5 Å². The summed E-state index contributed by atoms with van der Waals surface area (Å²) in [5, 5.41) is 0. The summed E-state index contributed by atoms with van der Waals surface area (Å²) in [6, 6.07) is -0.240. The quantitative estimate of drug-likeness (QED) is 0.670. The van der Waals surface area contributed by atoms with Gasteiger partial charge >= 0.3 is 5.97 Å². The number of Topliss-reactive ketones (excluding diaryl/α,β-unsaturated/α-hetero) is 1. The molecule has 1 aliphatic heterocycles. The topological polar surface area (TPSA) is 71.6 Å². The van der Waals surface area contributed by atoms with E-state index in [1.54, 1.807) is 13.8 Å². The first-order valence-electron chi connectivity index (χ1n) is 7.10. The minimum Gasteiger partial charge on any atom is -0.465 e. The average Bonchev–Trinajstić information content (AvgIpc) is 2.80. The normalized spacial score (nSPS) is 17.5. The molecule has 0 radical (unpaired) electrons. The van der Waals surface area contributed by atoms with Gasteiger partial charge < -0.3 is 14.5 Å². The molecule has 1 aromatic rings. The first-order valence-corrected chi connectivity index (χ1v) is 7.10. The Morgan fingerprint density at radius 1 is 1.29 bits per heavy atom. The molecule has 1 atom stereocenters. The third kappa shape index (κ3) is 3.01. The van der Waals surface area contributed by atoms with Crippen LogP contribution < -0.4 is 0 Å². The molecule has 21 heavy (non-hydrogen) atoms. The van der Waals surface area contributed by atoms with Gasteiger partial charge in [0.2, 0.25) is 0 Å². The number of ketones is 1. The predicted octanol–water partition coefficient (Wildman–Crippen LogP) is 1.32. The zero-order valence-electron chi connectivity index (χ0n) is 13.0. The highest BCUT2D eigenvalue weighted by Gasteiger charge is 2.29. The monoisotopic (exact) mass is 294 g/mol. The number of methoxy groups -OCH3 is 1. The maximum Gasteiger partial charge on any atom is 0.339 e. The fourth-order valence-corrected chi connectivity index (χ4v) is 2.74. The van der Waals surface area contributed by atoms with Crippen molar-refractivity contribution >= 4 is 11.8 Å². The Morgan fingerprint density at radius 2 is 1.90 bits per heavy atom. The van der Waals surface area contributed by atoms with E-state index in [0.717, 1.165) is 13.1 Å². The Hall–Kier alpha value is -1.66. The fourth-order valence-electron chi connectivity index (χ4n) is 2.74. The largest absolute Gasteiger partial charge is 0.465 e. The van der Waals surface area contributed by atoms with E-state index in [2.05, 4.69) is 9.88 Å². The van der Waals surface area contributed by atoms with E-state index in [9.17, 15) is 9.59 Å². The first-order chi connectivity index (χ1) is 9.97. The highest BCUT2D eigenvalue weighted by molar-refractivity contribution is 6.03. The van der Waals surface area contributed by atoms with Gasteiger partial charge in [-0.1, -0.05) is 0 Å². The van der Waals surface area contributed by atoms with Gasteiger partial charge in [0.25, 0.3) is 0 Å². The number of hydrogen-bond acceptors (Lipinski definition) is 5. The molecule has 1 saturated heterocycles. The van der Waals surface area contributed by atoms with Crippen molar-refractivity contribution < 1.29 is 19.1 Å². The summed E-state index contributed by atoms with van der Waals surface area (Å²) in [6.45, 7) is 8.22. The lowest BCUT2D eigenvalue weighted by molar-refractivity contribution is 0.0207. The van der Waals surface area contributed by atoms with Gasteiger partial charge in [0, 0.05) is 18.8 Å². The third-order valence-electron chi connectivity index (χ3n) is 4.05. The number of aromatic amines is 1. The molecule has 0 amide bonds. The number of ether oxygens (including phenoxy) is 2. The first kappa shape index (κ1) is 15.7. The molecule has 0 saturated carbocycles. The maximum absolute atomic E-state index is 12.7. The van der Waals surface area contributed by atoms with Crippen LogP contribution in [0.1, 0.15) is 39.0 Å². The van der Waals surface area contributed by atoms with E-state index in [1.807, 2.05) is 6.92 Å². The van der Waals surface area contributed by atoms with E-state index in [0.29, 0.717) is 35.7 Å². The van der Waals surface area contributed by atoms with Crippen molar-refractivity contribution in [1.29, 1.82) is 0 Å². The molecule has 2 heterocycles. The standard InChI is InChI=1S/C15H22N2O4/c1-9-12(15(19)20-4)10(2)16-13(9)14(18)11(3)17-5-7-21-8-6-17/h11,16H,5-8H2,1-4H3/t11-/m1/s1. The number of H-pyrrole nitrogens is 1. The highest BCUT2D eigenvalue weighted by Crippen LogP contribution is 2.21.